The van der Waals surface area contributed by atoms with Crippen LogP contribution < -0.4 is 10.1 Å². The largest absolute Gasteiger partial charge is 0.497 e. The lowest BCUT2D eigenvalue weighted by Crippen LogP contribution is -2.41. The van der Waals surface area contributed by atoms with Crippen LogP contribution >= 0.6 is 0 Å². The number of carbonyl (C=O) groups is 1. The molecule has 0 spiro atoms. The van der Waals surface area contributed by atoms with Gasteiger partial charge in [0.15, 0.2) is 0 Å². The van der Waals surface area contributed by atoms with Gasteiger partial charge in [-0.2, -0.15) is 4.98 Å². The van der Waals surface area contributed by atoms with E-state index in [2.05, 4.69) is 27.2 Å². The summed E-state index contributed by atoms with van der Waals surface area (Å²) in [7, 11) is 1.60. The molecule has 0 aliphatic carbocycles. The van der Waals surface area contributed by atoms with Crippen molar-refractivity contribution in [3.8, 4) is 5.75 Å². The van der Waals surface area contributed by atoms with Gasteiger partial charge in [0.05, 0.1) is 13.7 Å². The number of anilines is 1. The van der Waals surface area contributed by atoms with E-state index in [9.17, 15) is 4.79 Å². The Labute approximate surface area is 153 Å². The second kappa shape index (κ2) is 7.07. The van der Waals surface area contributed by atoms with E-state index in [4.69, 9.17) is 4.74 Å². The van der Waals surface area contributed by atoms with Crippen molar-refractivity contribution in [1.29, 1.82) is 0 Å². The second-order valence-electron chi connectivity index (χ2n) is 7.19. The topological polar surface area (TPSA) is 72.3 Å². The monoisotopic (exact) mass is 355 g/mol. The molecule has 1 fully saturated rings. The normalized spacial score (nSPS) is 22.8. The van der Waals surface area contributed by atoms with Crippen LogP contribution in [0.3, 0.4) is 0 Å². The molecule has 1 aromatic heterocycles. The lowest BCUT2D eigenvalue weighted by atomic mass is 9.96. The summed E-state index contributed by atoms with van der Waals surface area (Å²) in [5, 5.41) is 7.37. The molecule has 0 radical (unpaired) electrons. The third kappa shape index (κ3) is 3.31. The van der Waals surface area contributed by atoms with Gasteiger partial charge in [-0.15, -0.1) is 5.10 Å². The summed E-state index contributed by atoms with van der Waals surface area (Å²) in [6.07, 6.45) is 3.68. The van der Waals surface area contributed by atoms with E-state index in [0.717, 1.165) is 24.5 Å². The number of carbonyl (C=O) groups excluding carboxylic acids is 1. The molecular weight excluding hydrogens is 330 g/mol. The maximum absolute atomic E-state index is 12.4. The third-order valence-electron chi connectivity index (χ3n) is 5.39. The van der Waals surface area contributed by atoms with Gasteiger partial charge in [0.1, 0.15) is 11.6 Å². The Bertz CT molecular complexity index is 780. The molecule has 4 rings (SSSR count). The highest BCUT2D eigenvalue weighted by molar-refractivity contribution is 6.03. The van der Waals surface area contributed by atoms with Gasteiger partial charge in [0.25, 0.3) is 5.91 Å². The fourth-order valence-electron chi connectivity index (χ4n) is 3.98. The van der Waals surface area contributed by atoms with Gasteiger partial charge in [-0.3, -0.25) is 15.0 Å². The molecule has 1 N–H and O–H groups in total. The van der Waals surface area contributed by atoms with Crippen molar-refractivity contribution >= 4 is 11.9 Å². The number of hydrogen-bond donors (Lipinski definition) is 1. The van der Waals surface area contributed by atoms with Gasteiger partial charge in [-0.25, -0.2) is 4.68 Å². The average molecular weight is 355 g/mol. The van der Waals surface area contributed by atoms with E-state index in [1.807, 2.05) is 4.68 Å². The molecule has 0 bridgehead atoms. The Morgan fingerprint density at radius 2 is 1.96 bits per heavy atom. The Morgan fingerprint density at radius 1 is 1.23 bits per heavy atom. The highest BCUT2D eigenvalue weighted by Gasteiger charge is 2.32. The highest BCUT2D eigenvalue weighted by atomic mass is 16.5. The summed E-state index contributed by atoms with van der Waals surface area (Å²) in [5.74, 6) is 2.20. The summed E-state index contributed by atoms with van der Waals surface area (Å²) >= 11 is 0. The molecule has 0 saturated carbocycles. The number of benzene rings is 1. The SMILES string of the molecule is COc1ccc(C(=O)Nc2nc3n(n2)CC(N2CCCC2)CC3C)cc1. The Hall–Kier alpha value is -2.41. The van der Waals surface area contributed by atoms with E-state index in [1.165, 1.54) is 25.9 Å². The zero-order chi connectivity index (χ0) is 18.1. The standard InChI is InChI=1S/C19H25N5O2/c1-13-11-15(23-9-3-4-10-23)12-24-17(13)20-19(22-24)21-18(25)14-5-7-16(26-2)8-6-14/h5-8,13,15H,3-4,9-12H2,1-2H3,(H,21,22,25). The van der Waals surface area contributed by atoms with Gasteiger partial charge < -0.3 is 4.74 Å². The number of nitrogens with zero attached hydrogens (tertiary/aromatic N) is 4. The lowest BCUT2D eigenvalue weighted by Gasteiger charge is -2.33. The summed E-state index contributed by atoms with van der Waals surface area (Å²) in [4.78, 5) is 19.6. The van der Waals surface area contributed by atoms with Crippen molar-refractivity contribution < 1.29 is 9.53 Å². The molecule has 138 valence electrons. The zero-order valence-electron chi connectivity index (χ0n) is 15.3. The molecule has 3 heterocycles. The summed E-state index contributed by atoms with van der Waals surface area (Å²) in [5.41, 5.74) is 0.557. The minimum atomic E-state index is -0.209. The van der Waals surface area contributed by atoms with Gasteiger partial charge in [-0.05, 0) is 56.6 Å². The van der Waals surface area contributed by atoms with Crippen LogP contribution in [-0.2, 0) is 6.54 Å². The Morgan fingerprint density at radius 3 is 2.65 bits per heavy atom. The van der Waals surface area contributed by atoms with Crippen molar-refractivity contribution in [2.45, 2.75) is 44.7 Å². The molecule has 7 nitrogen and oxygen atoms in total. The molecule has 2 aliphatic heterocycles. The van der Waals surface area contributed by atoms with Crippen LogP contribution in [0.25, 0.3) is 0 Å². The predicted molar refractivity (Wildman–Crippen MR) is 98.6 cm³/mol. The maximum Gasteiger partial charge on any atom is 0.258 e. The first-order valence-electron chi connectivity index (χ1n) is 9.28. The minimum Gasteiger partial charge on any atom is -0.497 e. The lowest BCUT2D eigenvalue weighted by molar-refractivity contribution is 0.102. The molecule has 26 heavy (non-hydrogen) atoms. The number of likely N-dealkylation sites (tertiary alicyclic amines) is 1. The highest BCUT2D eigenvalue weighted by Crippen LogP contribution is 2.30. The summed E-state index contributed by atoms with van der Waals surface area (Å²) in [6, 6.07) is 7.52. The number of amides is 1. The first-order chi connectivity index (χ1) is 12.6. The fourth-order valence-corrected chi connectivity index (χ4v) is 3.98. The Kier molecular flexibility index (Phi) is 4.63. The van der Waals surface area contributed by atoms with Crippen LogP contribution in [0.4, 0.5) is 5.95 Å². The van der Waals surface area contributed by atoms with E-state index in [0.29, 0.717) is 23.5 Å². The van der Waals surface area contributed by atoms with Crippen molar-refractivity contribution in [2.75, 3.05) is 25.5 Å². The van der Waals surface area contributed by atoms with E-state index < -0.39 is 0 Å². The molecule has 2 aromatic rings. The van der Waals surface area contributed by atoms with Crippen LogP contribution in [0, 0.1) is 0 Å². The van der Waals surface area contributed by atoms with Gasteiger partial charge in [0, 0.05) is 17.5 Å². The van der Waals surface area contributed by atoms with Crippen molar-refractivity contribution in [3.63, 3.8) is 0 Å². The number of nitrogens with one attached hydrogen (secondary N) is 1. The third-order valence-corrected chi connectivity index (χ3v) is 5.39. The molecule has 1 aromatic carbocycles. The van der Waals surface area contributed by atoms with Crippen molar-refractivity contribution in [1.82, 2.24) is 19.7 Å². The van der Waals surface area contributed by atoms with Gasteiger partial charge in [-0.1, -0.05) is 6.92 Å². The van der Waals surface area contributed by atoms with Gasteiger partial charge in [0.2, 0.25) is 5.95 Å². The van der Waals surface area contributed by atoms with E-state index >= 15 is 0 Å². The van der Waals surface area contributed by atoms with Crippen LogP contribution in [0.2, 0.25) is 0 Å². The molecule has 2 atom stereocenters. The number of aromatic nitrogens is 3. The fraction of sp³-hybridized carbons (Fsp3) is 0.526. The van der Waals surface area contributed by atoms with Crippen LogP contribution in [0.15, 0.2) is 24.3 Å². The Balaban J connectivity index is 1.47. The molecule has 1 saturated heterocycles. The van der Waals surface area contributed by atoms with Crippen molar-refractivity contribution in [2.24, 2.45) is 0 Å². The number of rotatable bonds is 4. The number of fused-ring (bicyclic) bond motifs is 1. The molecule has 2 unspecified atom stereocenters. The summed E-state index contributed by atoms with van der Waals surface area (Å²) in [6.45, 7) is 5.41. The van der Waals surface area contributed by atoms with Crippen LogP contribution in [-0.4, -0.2) is 51.8 Å². The predicted octanol–water partition coefficient (Wildman–Crippen LogP) is 2.51. The number of methoxy groups -OCH3 is 1. The minimum absolute atomic E-state index is 0.209. The number of ether oxygens (including phenoxy) is 1. The average Bonchev–Trinajstić information content (AvgIpc) is 3.31. The molecule has 2 aliphatic rings. The van der Waals surface area contributed by atoms with E-state index in [1.54, 1.807) is 31.4 Å². The first-order valence-corrected chi connectivity index (χ1v) is 9.28. The zero-order valence-corrected chi connectivity index (χ0v) is 15.3. The molecule has 1 amide bonds. The molecule has 7 heteroatoms. The molecular formula is C19H25N5O2. The first kappa shape index (κ1) is 17.0. The quantitative estimate of drug-likeness (QED) is 0.912. The van der Waals surface area contributed by atoms with Gasteiger partial charge >= 0.3 is 0 Å². The smallest absolute Gasteiger partial charge is 0.258 e. The van der Waals surface area contributed by atoms with Crippen LogP contribution in [0.1, 0.15) is 48.3 Å². The van der Waals surface area contributed by atoms with E-state index in [-0.39, 0.29) is 5.91 Å². The van der Waals surface area contributed by atoms with Crippen LogP contribution in [0.5, 0.6) is 5.75 Å². The van der Waals surface area contributed by atoms with Crippen molar-refractivity contribution in [3.05, 3.63) is 35.7 Å². The maximum atomic E-state index is 12.4. The number of hydrogen-bond acceptors (Lipinski definition) is 5. The summed E-state index contributed by atoms with van der Waals surface area (Å²) < 4.78 is 7.10. The second-order valence-corrected chi connectivity index (χ2v) is 7.19.